The first-order chi connectivity index (χ1) is 25.6. The molecule has 8 rings (SSSR count). The summed E-state index contributed by atoms with van der Waals surface area (Å²) >= 11 is 0. The Bertz CT molecular complexity index is 2090. The molecule has 53 heavy (non-hydrogen) atoms. The Morgan fingerprint density at radius 2 is 0.906 bits per heavy atom. The molecule has 0 aliphatic carbocycles. The number of hydrogen-bond acceptors (Lipinski definition) is 5. The molecule has 264 valence electrons. The van der Waals surface area contributed by atoms with Crippen molar-refractivity contribution < 1.29 is 21.8 Å². The predicted octanol–water partition coefficient (Wildman–Crippen LogP) is 6.97. The van der Waals surface area contributed by atoms with Gasteiger partial charge in [-0.1, -0.05) is 91.0 Å². The van der Waals surface area contributed by atoms with E-state index in [1.54, 1.807) is 12.3 Å². The van der Waals surface area contributed by atoms with Gasteiger partial charge in [-0.25, -0.2) is 0 Å². The second kappa shape index (κ2) is 18.5. The second-order valence-corrected chi connectivity index (χ2v) is 17.1. The SMILES string of the molecule is Cc1ccc(Oc2ccc(C)cc2[PH+](c2ccccc2)c2ccccc2)c([PH+](c2ccccc2)c2ccccc2)c1.[Cu+].c1ccc(-c2nnn[n-]2)nc1. The van der Waals surface area contributed by atoms with Crippen LogP contribution in [0.15, 0.2) is 182 Å². The predicted molar refractivity (Wildman–Crippen MR) is 219 cm³/mol. The van der Waals surface area contributed by atoms with Crippen LogP contribution in [0.25, 0.3) is 11.5 Å². The van der Waals surface area contributed by atoms with Crippen molar-refractivity contribution in [3.63, 3.8) is 0 Å². The minimum atomic E-state index is -1.31. The van der Waals surface area contributed by atoms with E-state index < -0.39 is 15.8 Å². The van der Waals surface area contributed by atoms with Crippen LogP contribution in [0.3, 0.4) is 0 Å². The van der Waals surface area contributed by atoms with Crippen molar-refractivity contribution >= 4 is 47.7 Å². The van der Waals surface area contributed by atoms with E-state index in [1.807, 2.05) is 12.1 Å². The van der Waals surface area contributed by atoms with Gasteiger partial charge < -0.3 is 9.84 Å². The maximum atomic E-state index is 7.05. The van der Waals surface area contributed by atoms with Crippen molar-refractivity contribution in [3.8, 4) is 23.0 Å². The molecule has 0 saturated heterocycles. The van der Waals surface area contributed by atoms with Gasteiger partial charge in [0.25, 0.3) is 0 Å². The van der Waals surface area contributed by atoms with Gasteiger partial charge in [0.15, 0.2) is 11.5 Å². The van der Waals surface area contributed by atoms with Crippen molar-refractivity contribution in [1.82, 2.24) is 25.6 Å². The molecule has 2 heterocycles. The van der Waals surface area contributed by atoms with Crippen LogP contribution in [0.1, 0.15) is 11.1 Å². The van der Waals surface area contributed by atoms with Crippen LogP contribution in [-0.4, -0.2) is 20.5 Å². The number of pyridine rings is 1. The number of rotatable bonds is 9. The van der Waals surface area contributed by atoms with Gasteiger partial charge >= 0.3 is 17.1 Å². The van der Waals surface area contributed by atoms with Crippen LogP contribution in [0, 0.1) is 13.8 Å². The van der Waals surface area contributed by atoms with E-state index in [9.17, 15) is 0 Å². The summed E-state index contributed by atoms with van der Waals surface area (Å²) in [5.41, 5.74) is 3.17. The fraction of sp³-hybridized carbons (Fsp3) is 0.0455. The van der Waals surface area contributed by atoms with Crippen LogP contribution >= 0.6 is 15.8 Å². The van der Waals surface area contributed by atoms with E-state index in [1.165, 1.54) is 43.0 Å². The van der Waals surface area contributed by atoms with E-state index in [0.29, 0.717) is 11.5 Å². The molecule has 2 aromatic heterocycles. The molecule has 0 amide bonds. The molecule has 0 atom stereocenters. The topological polar surface area (TPSA) is 74.9 Å². The van der Waals surface area contributed by atoms with Gasteiger partial charge in [0.2, 0.25) is 0 Å². The molecular formula is C44H38CuN5OP2+2. The van der Waals surface area contributed by atoms with E-state index in [-0.39, 0.29) is 17.1 Å². The molecule has 0 spiro atoms. The zero-order valence-electron chi connectivity index (χ0n) is 29.3. The molecule has 6 nitrogen and oxygen atoms in total. The monoisotopic (exact) mass is 777 g/mol. The Labute approximate surface area is 323 Å². The van der Waals surface area contributed by atoms with Gasteiger partial charge in [-0.3, -0.25) is 15.3 Å². The second-order valence-electron chi connectivity index (χ2n) is 12.2. The molecule has 0 N–H and O–H groups in total. The normalized spacial score (nSPS) is 10.6. The van der Waals surface area contributed by atoms with E-state index in [2.05, 4.69) is 197 Å². The summed E-state index contributed by atoms with van der Waals surface area (Å²) in [5.74, 6) is 2.33. The Morgan fingerprint density at radius 3 is 1.26 bits per heavy atom. The van der Waals surface area contributed by atoms with Gasteiger partial charge in [0.05, 0.1) is 11.5 Å². The van der Waals surface area contributed by atoms with Crippen LogP contribution in [0.4, 0.5) is 0 Å². The average molecular weight is 778 g/mol. The molecule has 0 unspecified atom stereocenters. The molecule has 0 aliphatic heterocycles. The summed E-state index contributed by atoms with van der Waals surface area (Å²) in [6.45, 7) is 4.35. The van der Waals surface area contributed by atoms with Crippen molar-refractivity contribution in [2.45, 2.75) is 13.8 Å². The van der Waals surface area contributed by atoms with Crippen LogP contribution < -0.4 is 41.7 Å². The number of benzene rings is 6. The van der Waals surface area contributed by atoms with E-state index in [0.717, 1.165) is 11.5 Å². The first kappa shape index (κ1) is 37.5. The zero-order valence-corrected chi connectivity index (χ0v) is 32.2. The Kier molecular flexibility index (Phi) is 13.1. The third kappa shape index (κ3) is 9.40. The Balaban J connectivity index is 0.000000341. The number of tetrazole rings is 1. The van der Waals surface area contributed by atoms with Crippen molar-refractivity contribution in [2.24, 2.45) is 0 Å². The fourth-order valence-electron chi connectivity index (χ4n) is 6.09. The first-order valence-corrected chi connectivity index (χ1v) is 20.1. The smallest absolute Gasteiger partial charge is 0.449 e. The molecule has 0 radical (unpaired) electrons. The summed E-state index contributed by atoms with van der Waals surface area (Å²) in [7, 11) is -2.62. The van der Waals surface area contributed by atoms with Crippen LogP contribution in [0.5, 0.6) is 11.5 Å². The standard InChI is InChI=1S/C38H32OP2.C6H4N5.Cu/c1-29-23-25-35(37(27-29)40(31-15-7-3-8-16-31)32-17-9-4-10-18-32)39-36-26-24-30(2)28-38(36)41(33-19-11-5-12-20-33)34-21-13-6-14-22-34;1-2-4-7-5(3-1)6-8-10-11-9-6;/h3-28H,1-2H3;1-4H;/q;-1;+1/p+2. The Morgan fingerprint density at radius 1 is 0.491 bits per heavy atom. The van der Waals surface area contributed by atoms with Gasteiger partial charge in [0.1, 0.15) is 47.7 Å². The summed E-state index contributed by atoms with van der Waals surface area (Å²) in [5, 5.41) is 21.9. The maximum Gasteiger partial charge on any atom is 1.00 e. The van der Waals surface area contributed by atoms with E-state index in [4.69, 9.17) is 4.74 Å². The number of aromatic nitrogens is 5. The fourth-order valence-corrected chi connectivity index (χ4v) is 11.6. The third-order valence-corrected chi connectivity index (χ3v) is 14.0. The number of nitrogens with zero attached hydrogens (tertiary/aromatic N) is 5. The number of hydrogen-bond donors (Lipinski definition) is 0. The molecule has 0 aliphatic rings. The molecule has 0 fully saturated rings. The van der Waals surface area contributed by atoms with Gasteiger partial charge in [0, 0.05) is 6.20 Å². The first-order valence-electron chi connectivity index (χ1n) is 17.1. The van der Waals surface area contributed by atoms with Crippen LogP contribution in [0.2, 0.25) is 0 Å². The third-order valence-electron chi connectivity index (χ3n) is 8.49. The minimum Gasteiger partial charge on any atom is -0.449 e. The number of aryl methyl sites for hydroxylation is 2. The summed E-state index contributed by atoms with van der Waals surface area (Å²) in [6, 6.07) is 62.4. The number of ether oxygens (including phenoxy) is 1. The molecular weight excluding hydrogens is 740 g/mol. The molecule has 0 saturated carbocycles. The Hall–Kier alpha value is -5.28. The van der Waals surface area contributed by atoms with Crippen molar-refractivity contribution in [2.75, 3.05) is 0 Å². The maximum absolute atomic E-state index is 7.05. The zero-order chi connectivity index (χ0) is 35.5. The van der Waals surface area contributed by atoms with Gasteiger partial charge in [-0.05, 0) is 110 Å². The van der Waals surface area contributed by atoms with Gasteiger partial charge in [-0.15, -0.1) is 0 Å². The molecule has 8 aromatic rings. The minimum absolute atomic E-state index is 0. The molecule has 0 bridgehead atoms. The van der Waals surface area contributed by atoms with Gasteiger partial charge in [-0.2, -0.15) is 5.21 Å². The summed E-state index contributed by atoms with van der Waals surface area (Å²) in [4.78, 5) is 4.02. The summed E-state index contributed by atoms with van der Waals surface area (Å²) in [6.07, 6.45) is 1.67. The van der Waals surface area contributed by atoms with Crippen molar-refractivity contribution in [1.29, 1.82) is 0 Å². The van der Waals surface area contributed by atoms with Crippen LogP contribution in [-0.2, 0) is 17.1 Å². The quantitative estimate of drug-likeness (QED) is 0.117. The largest absolute Gasteiger partial charge is 1.00 e. The average Bonchev–Trinajstić information content (AvgIpc) is 3.75. The summed E-state index contributed by atoms with van der Waals surface area (Å²) < 4.78 is 7.05. The van der Waals surface area contributed by atoms with Crippen molar-refractivity contribution in [3.05, 3.63) is 193 Å². The molecule has 6 aromatic carbocycles. The van der Waals surface area contributed by atoms with E-state index >= 15 is 0 Å². The molecule has 9 heteroatoms.